The molecular weight excluding hydrogens is 249 g/mol. The Kier molecular flexibility index (Phi) is 3.87. The summed E-state index contributed by atoms with van der Waals surface area (Å²) >= 11 is 0. The molecule has 0 aliphatic carbocycles. The highest BCUT2D eigenvalue weighted by atomic mass is 19.1. The molecule has 19 heavy (non-hydrogen) atoms. The number of likely N-dealkylation sites (tertiary alicyclic amines) is 1. The molecule has 0 spiro atoms. The number of carboxylic acid groups (broad SMARTS) is 1. The van der Waals surface area contributed by atoms with Crippen molar-refractivity contribution in [3.05, 3.63) is 35.6 Å². The zero-order chi connectivity index (χ0) is 14.0. The van der Waals surface area contributed by atoms with Crippen LogP contribution in [0.25, 0.3) is 0 Å². The number of aliphatic carboxylic acids is 1. The fourth-order valence-corrected chi connectivity index (χ4v) is 2.42. The van der Waals surface area contributed by atoms with Gasteiger partial charge in [-0.15, -0.1) is 0 Å². The van der Waals surface area contributed by atoms with Crippen LogP contribution < -0.4 is 0 Å². The van der Waals surface area contributed by atoms with Crippen molar-refractivity contribution in [1.29, 1.82) is 0 Å². The van der Waals surface area contributed by atoms with Gasteiger partial charge >= 0.3 is 5.97 Å². The summed E-state index contributed by atoms with van der Waals surface area (Å²) in [6.07, 6.45) is 0. The molecular formula is C14H18FNO3. The molecule has 0 bridgehead atoms. The predicted octanol–water partition coefficient (Wildman–Crippen LogP) is 2.06. The van der Waals surface area contributed by atoms with Crippen molar-refractivity contribution in [1.82, 2.24) is 4.90 Å². The third kappa shape index (κ3) is 3.11. The number of hydrogen-bond acceptors (Lipinski definition) is 3. The second kappa shape index (κ2) is 5.27. The van der Waals surface area contributed by atoms with Crippen LogP contribution >= 0.6 is 0 Å². The Labute approximate surface area is 111 Å². The Hall–Kier alpha value is -1.46. The average molecular weight is 267 g/mol. The van der Waals surface area contributed by atoms with Crippen LogP contribution in [0.4, 0.5) is 4.39 Å². The summed E-state index contributed by atoms with van der Waals surface area (Å²) in [6, 6.07) is 6.67. The van der Waals surface area contributed by atoms with E-state index in [1.54, 1.807) is 12.1 Å². The third-order valence-electron chi connectivity index (χ3n) is 3.52. The van der Waals surface area contributed by atoms with Crippen LogP contribution in [0.2, 0.25) is 0 Å². The topological polar surface area (TPSA) is 49.8 Å². The Morgan fingerprint density at radius 3 is 2.74 bits per heavy atom. The van der Waals surface area contributed by atoms with Crippen molar-refractivity contribution in [2.75, 3.05) is 19.7 Å². The number of hydrogen-bond donors (Lipinski definition) is 1. The lowest BCUT2D eigenvalue weighted by molar-refractivity contribution is -0.169. The summed E-state index contributed by atoms with van der Waals surface area (Å²) in [5.41, 5.74) is 0.209. The van der Waals surface area contributed by atoms with Crippen LogP contribution in [0.1, 0.15) is 25.5 Å². The first kappa shape index (κ1) is 14.0. The zero-order valence-corrected chi connectivity index (χ0v) is 11.1. The molecule has 104 valence electrons. The van der Waals surface area contributed by atoms with Crippen LogP contribution in [0.3, 0.4) is 0 Å². The SMILES string of the molecule is CC(c1ccccc1F)N1CC(C)(OCC(=O)O)C1. The van der Waals surface area contributed by atoms with E-state index >= 15 is 0 Å². The molecule has 1 aliphatic heterocycles. The Balaban J connectivity index is 1.93. The van der Waals surface area contributed by atoms with E-state index in [1.807, 2.05) is 19.9 Å². The van der Waals surface area contributed by atoms with Crippen LogP contribution in [-0.2, 0) is 9.53 Å². The van der Waals surface area contributed by atoms with E-state index in [0.717, 1.165) is 0 Å². The van der Waals surface area contributed by atoms with E-state index in [0.29, 0.717) is 18.7 Å². The van der Waals surface area contributed by atoms with Crippen molar-refractivity contribution < 1.29 is 19.0 Å². The summed E-state index contributed by atoms with van der Waals surface area (Å²) in [5.74, 6) is -1.18. The number of nitrogens with zero attached hydrogens (tertiary/aromatic N) is 1. The van der Waals surface area contributed by atoms with E-state index in [-0.39, 0.29) is 18.5 Å². The Bertz CT molecular complexity index is 472. The van der Waals surface area contributed by atoms with Gasteiger partial charge in [-0.1, -0.05) is 18.2 Å². The highest BCUT2D eigenvalue weighted by molar-refractivity contribution is 5.68. The molecule has 1 fully saturated rings. The highest BCUT2D eigenvalue weighted by Crippen LogP contribution is 2.33. The first-order valence-electron chi connectivity index (χ1n) is 6.25. The summed E-state index contributed by atoms with van der Waals surface area (Å²) in [4.78, 5) is 12.5. The molecule has 2 rings (SSSR count). The highest BCUT2D eigenvalue weighted by Gasteiger charge is 2.42. The Morgan fingerprint density at radius 2 is 2.16 bits per heavy atom. The van der Waals surface area contributed by atoms with Gasteiger partial charge in [0.1, 0.15) is 12.4 Å². The van der Waals surface area contributed by atoms with Gasteiger partial charge in [0.05, 0.1) is 5.60 Å². The first-order chi connectivity index (χ1) is 8.91. The van der Waals surface area contributed by atoms with Gasteiger partial charge in [0, 0.05) is 24.7 Å². The monoisotopic (exact) mass is 267 g/mol. The van der Waals surface area contributed by atoms with Crippen LogP contribution in [0.15, 0.2) is 24.3 Å². The molecule has 0 radical (unpaired) electrons. The maximum atomic E-state index is 13.7. The molecule has 1 aliphatic rings. The van der Waals surface area contributed by atoms with E-state index in [1.165, 1.54) is 6.07 Å². The molecule has 1 saturated heterocycles. The molecule has 0 aromatic heterocycles. The molecule has 1 aromatic rings. The van der Waals surface area contributed by atoms with Crippen LogP contribution in [0.5, 0.6) is 0 Å². The van der Waals surface area contributed by atoms with E-state index in [4.69, 9.17) is 9.84 Å². The third-order valence-corrected chi connectivity index (χ3v) is 3.52. The van der Waals surface area contributed by atoms with Crippen LogP contribution in [-0.4, -0.2) is 41.3 Å². The number of rotatable bonds is 5. The van der Waals surface area contributed by atoms with Crippen molar-refractivity contribution in [2.24, 2.45) is 0 Å². The van der Waals surface area contributed by atoms with E-state index < -0.39 is 11.6 Å². The minimum Gasteiger partial charge on any atom is -0.480 e. The van der Waals surface area contributed by atoms with Gasteiger partial charge in [0.25, 0.3) is 0 Å². The van der Waals surface area contributed by atoms with E-state index in [9.17, 15) is 9.18 Å². The molecule has 1 unspecified atom stereocenters. The molecule has 5 heteroatoms. The lowest BCUT2D eigenvalue weighted by Crippen LogP contribution is -2.62. The van der Waals surface area contributed by atoms with Crippen molar-refractivity contribution in [3.63, 3.8) is 0 Å². The zero-order valence-electron chi connectivity index (χ0n) is 11.1. The maximum absolute atomic E-state index is 13.7. The maximum Gasteiger partial charge on any atom is 0.329 e. The number of carboxylic acids is 1. The lowest BCUT2D eigenvalue weighted by atomic mass is 9.92. The molecule has 0 saturated carbocycles. The fraction of sp³-hybridized carbons (Fsp3) is 0.500. The molecule has 1 heterocycles. The second-order valence-electron chi connectivity index (χ2n) is 5.23. The average Bonchev–Trinajstić information content (AvgIpc) is 2.33. The number of halogens is 1. The quantitative estimate of drug-likeness (QED) is 0.887. The van der Waals surface area contributed by atoms with Gasteiger partial charge in [-0.25, -0.2) is 9.18 Å². The summed E-state index contributed by atoms with van der Waals surface area (Å²) < 4.78 is 19.0. The Morgan fingerprint density at radius 1 is 1.53 bits per heavy atom. The van der Waals surface area contributed by atoms with Gasteiger partial charge in [0.15, 0.2) is 0 Å². The van der Waals surface area contributed by atoms with E-state index in [2.05, 4.69) is 4.90 Å². The first-order valence-corrected chi connectivity index (χ1v) is 6.25. The predicted molar refractivity (Wildman–Crippen MR) is 68.4 cm³/mol. The smallest absolute Gasteiger partial charge is 0.329 e. The summed E-state index contributed by atoms with van der Waals surface area (Å²) in [7, 11) is 0. The van der Waals surface area contributed by atoms with Crippen molar-refractivity contribution in [3.8, 4) is 0 Å². The number of benzene rings is 1. The van der Waals surface area contributed by atoms with Gasteiger partial charge in [0.2, 0.25) is 0 Å². The van der Waals surface area contributed by atoms with Gasteiger partial charge < -0.3 is 9.84 Å². The normalized spacial score (nSPS) is 19.7. The minimum absolute atomic E-state index is 0.0392. The molecule has 1 aromatic carbocycles. The molecule has 0 amide bonds. The molecule has 1 atom stereocenters. The van der Waals surface area contributed by atoms with Gasteiger partial charge in [-0.05, 0) is 19.9 Å². The summed E-state index contributed by atoms with van der Waals surface area (Å²) in [5, 5.41) is 8.60. The number of carbonyl (C=O) groups is 1. The number of ether oxygens (including phenoxy) is 1. The van der Waals surface area contributed by atoms with Crippen molar-refractivity contribution >= 4 is 5.97 Å². The molecule has 4 nitrogen and oxygen atoms in total. The van der Waals surface area contributed by atoms with Crippen molar-refractivity contribution in [2.45, 2.75) is 25.5 Å². The standard InChI is InChI=1S/C14H18FNO3/c1-10(11-5-3-4-6-12(11)15)16-8-14(2,9-16)19-7-13(17)18/h3-6,10H,7-9H2,1-2H3,(H,17,18). The lowest BCUT2D eigenvalue weighted by Gasteiger charge is -2.50. The van der Waals surface area contributed by atoms with Gasteiger partial charge in [-0.2, -0.15) is 0 Å². The van der Waals surface area contributed by atoms with Crippen LogP contribution in [0, 0.1) is 5.82 Å². The molecule has 1 N–H and O–H groups in total. The summed E-state index contributed by atoms with van der Waals surface area (Å²) in [6.45, 7) is 4.74. The second-order valence-corrected chi connectivity index (χ2v) is 5.23. The largest absolute Gasteiger partial charge is 0.480 e. The van der Waals surface area contributed by atoms with Gasteiger partial charge in [-0.3, -0.25) is 4.90 Å². The fourth-order valence-electron chi connectivity index (χ4n) is 2.42. The minimum atomic E-state index is -0.971.